The number of nitrogens with zero attached hydrogens (tertiary/aromatic N) is 2. The average molecular weight is 582 g/mol. The van der Waals surface area contributed by atoms with Crippen molar-refractivity contribution >= 4 is 50.7 Å². The Hall–Kier alpha value is -2.50. The van der Waals surface area contributed by atoms with Gasteiger partial charge in [-0.25, -0.2) is 8.42 Å². The van der Waals surface area contributed by atoms with Gasteiger partial charge in [0.25, 0.3) is 0 Å². The molecule has 0 saturated carbocycles. The van der Waals surface area contributed by atoms with Gasteiger partial charge in [-0.3, -0.25) is 13.9 Å². The van der Waals surface area contributed by atoms with Gasteiger partial charge >= 0.3 is 6.18 Å². The predicted molar refractivity (Wildman–Crippen MR) is 138 cm³/mol. The molecule has 0 unspecified atom stereocenters. The van der Waals surface area contributed by atoms with Crippen molar-refractivity contribution < 1.29 is 31.2 Å². The number of halogens is 5. The first-order valence-electron chi connectivity index (χ1n) is 11.2. The lowest BCUT2D eigenvalue weighted by Gasteiger charge is -2.32. The van der Waals surface area contributed by atoms with E-state index in [9.17, 15) is 31.2 Å². The Balaban J connectivity index is 2.46. The Labute approximate surface area is 224 Å². The Kier molecular flexibility index (Phi) is 10.3. The molecule has 0 fully saturated rings. The van der Waals surface area contributed by atoms with Crippen molar-refractivity contribution in [2.75, 3.05) is 17.1 Å². The van der Waals surface area contributed by atoms with Crippen molar-refractivity contribution in [1.82, 2.24) is 10.2 Å². The largest absolute Gasteiger partial charge is 0.416 e. The molecule has 0 aliphatic rings. The van der Waals surface area contributed by atoms with Crippen molar-refractivity contribution in [3.05, 3.63) is 63.6 Å². The Morgan fingerprint density at radius 1 is 1.05 bits per heavy atom. The third-order valence-electron chi connectivity index (χ3n) is 5.65. The number of sulfonamides is 1. The van der Waals surface area contributed by atoms with Crippen molar-refractivity contribution in [3.8, 4) is 0 Å². The summed E-state index contributed by atoms with van der Waals surface area (Å²) in [6.45, 7) is 4.16. The maximum absolute atomic E-state index is 13.5. The van der Waals surface area contributed by atoms with Crippen molar-refractivity contribution in [2.24, 2.45) is 0 Å². The number of alkyl halides is 3. The molecule has 0 radical (unpaired) electrons. The van der Waals surface area contributed by atoms with Crippen LogP contribution in [0.5, 0.6) is 0 Å². The molecule has 0 aliphatic heterocycles. The van der Waals surface area contributed by atoms with Crippen LogP contribution in [0.3, 0.4) is 0 Å². The zero-order valence-corrected chi connectivity index (χ0v) is 23.0. The van der Waals surface area contributed by atoms with Gasteiger partial charge in [0.15, 0.2) is 0 Å². The van der Waals surface area contributed by atoms with Gasteiger partial charge in [-0.1, -0.05) is 42.3 Å². The molecule has 2 aromatic rings. The topological polar surface area (TPSA) is 86.8 Å². The lowest BCUT2D eigenvalue weighted by Crippen LogP contribution is -2.52. The van der Waals surface area contributed by atoms with Crippen LogP contribution in [0, 0.1) is 0 Å². The number of rotatable bonds is 10. The van der Waals surface area contributed by atoms with Crippen LogP contribution in [0.2, 0.25) is 10.0 Å². The minimum atomic E-state index is -4.72. The van der Waals surface area contributed by atoms with Crippen molar-refractivity contribution in [2.45, 2.75) is 52.0 Å². The minimum absolute atomic E-state index is 0.134. The number of hydrogen-bond acceptors (Lipinski definition) is 4. The fraction of sp³-hybridized carbons (Fsp3) is 0.417. The molecule has 37 heavy (non-hydrogen) atoms. The highest BCUT2D eigenvalue weighted by Crippen LogP contribution is 2.32. The van der Waals surface area contributed by atoms with Gasteiger partial charge in [-0.15, -0.1) is 0 Å². The molecule has 2 amide bonds. The molecule has 0 heterocycles. The quantitative estimate of drug-likeness (QED) is 0.422. The number of nitrogens with one attached hydrogen (secondary N) is 1. The summed E-state index contributed by atoms with van der Waals surface area (Å²) in [4.78, 5) is 27.5. The van der Waals surface area contributed by atoms with Gasteiger partial charge in [0.2, 0.25) is 21.8 Å². The molecular weight excluding hydrogens is 554 g/mol. The molecule has 0 aromatic heterocycles. The van der Waals surface area contributed by atoms with Gasteiger partial charge in [0, 0.05) is 12.6 Å². The van der Waals surface area contributed by atoms with Gasteiger partial charge in [-0.05, 0) is 56.2 Å². The monoisotopic (exact) mass is 581 g/mol. The second-order valence-corrected chi connectivity index (χ2v) is 11.3. The molecule has 0 bridgehead atoms. The minimum Gasteiger partial charge on any atom is -0.352 e. The first-order valence-corrected chi connectivity index (χ1v) is 13.8. The van der Waals surface area contributed by atoms with E-state index in [0.717, 1.165) is 29.4 Å². The van der Waals surface area contributed by atoms with E-state index in [1.165, 1.54) is 19.1 Å². The van der Waals surface area contributed by atoms with Crippen LogP contribution in [-0.2, 0) is 32.3 Å². The zero-order valence-electron chi connectivity index (χ0n) is 20.6. The Bertz CT molecular complexity index is 1240. The van der Waals surface area contributed by atoms with E-state index in [1.807, 2.05) is 6.92 Å². The summed E-state index contributed by atoms with van der Waals surface area (Å²) in [6, 6.07) is 7.04. The Morgan fingerprint density at radius 2 is 1.70 bits per heavy atom. The molecular formula is C24H28Cl2F3N3O4S. The lowest BCUT2D eigenvalue weighted by atomic mass is 10.1. The number of anilines is 1. The van der Waals surface area contributed by atoms with E-state index >= 15 is 0 Å². The summed E-state index contributed by atoms with van der Waals surface area (Å²) in [6.07, 6.45) is -3.30. The predicted octanol–water partition coefficient (Wildman–Crippen LogP) is 5.11. The highest BCUT2D eigenvalue weighted by molar-refractivity contribution is 7.92. The Morgan fingerprint density at radius 3 is 2.24 bits per heavy atom. The molecule has 0 saturated heterocycles. The average Bonchev–Trinajstić information content (AvgIpc) is 2.81. The molecule has 204 valence electrons. The summed E-state index contributed by atoms with van der Waals surface area (Å²) >= 11 is 12.1. The molecule has 7 nitrogen and oxygen atoms in total. The first kappa shape index (κ1) is 30.7. The maximum Gasteiger partial charge on any atom is 0.416 e. The van der Waals surface area contributed by atoms with E-state index in [2.05, 4.69) is 5.32 Å². The van der Waals surface area contributed by atoms with Gasteiger partial charge in [-0.2, -0.15) is 13.2 Å². The molecule has 2 aromatic carbocycles. The SMILES string of the molecule is CC[C@H](C)NC(=O)[C@H](C)N(Cc1ccc(Cl)c(Cl)c1)C(=O)CN(c1cccc(C(F)(F)F)c1)S(C)(=O)=O. The second-order valence-electron chi connectivity index (χ2n) is 8.58. The number of carbonyl (C=O) groups excluding carboxylic acids is 2. The van der Waals surface area contributed by atoms with Crippen LogP contribution in [0.25, 0.3) is 0 Å². The molecule has 2 rings (SSSR count). The highest BCUT2D eigenvalue weighted by atomic mass is 35.5. The first-order chi connectivity index (χ1) is 17.0. The number of benzene rings is 2. The third kappa shape index (κ3) is 8.51. The van der Waals surface area contributed by atoms with Crippen molar-refractivity contribution in [3.63, 3.8) is 0 Å². The molecule has 0 spiro atoms. The van der Waals surface area contributed by atoms with E-state index in [-0.39, 0.29) is 28.3 Å². The fourth-order valence-corrected chi connectivity index (χ4v) is 4.50. The smallest absolute Gasteiger partial charge is 0.352 e. The summed E-state index contributed by atoms with van der Waals surface area (Å²) in [5.41, 5.74) is -0.896. The third-order valence-corrected chi connectivity index (χ3v) is 7.53. The van der Waals surface area contributed by atoms with Crippen LogP contribution in [0.4, 0.5) is 18.9 Å². The zero-order chi connectivity index (χ0) is 28.1. The lowest BCUT2D eigenvalue weighted by molar-refractivity contribution is -0.139. The van der Waals surface area contributed by atoms with E-state index < -0.39 is 46.2 Å². The number of amides is 2. The normalized spacial score (nSPS) is 13.5. The summed E-state index contributed by atoms with van der Waals surface area (Å²) in [5.74, 6) is -1.28. The summed E-state index contributed by atoms with van der Waals surface area (Å²) in [7, 11) is -4.18. The van der Waals surface area contributed by atoms with E-state index in [4.69, 9.17) is 23.2 Å². The van der Waals surface area contributed by atoms with Gasteiger partial charge in [0.05, 0.1) is 27.6 Å². The van der Waals surface area contributed by atoms with E-state index in [0.29, 0.717) is 22.4 Å². The number of hydrogen-bond donors (Lipinski definition) is 1. The summed E-state index contributed by atoms with van der Waals surface area (Å²) in [5, 5.41) is 3.26. The standard InChI is InChI=1S/C24H28Cl2F3N3O4S/c1-5-15(2)30-23(34)16(3)31(13-17-9-10-20(25)21(26)11-17)22(33)14-32(37(4,35)36)19-8-6-7-18(12-19)24(27,28)29/h6-12,15-16H,5,13-14H2,1-4H3,(H,30,34)/t15-,16-/m0/s1. The van der Waals surface area contributed by atoms with Crippen LogP contribution in [-0.4, -0.2) is 50.0 Å². The summed E-state index contributed by atoms with van der Waals surface area (Å²) < 4.78 is 65.4. The van der Waals surface area contributed by atoms with Crippen LogP contribution in [0.1, 0.15) is 38.3 Å². The van der Waals surface area contributed by atoms with Gasteiger partial charge in [0.1, 0.15) is 12.6 Å². The van der Waals surface area contributed by atoms with Crippen LogP contribution in [0.15, 0.2) is 42.5 Å². The molecule has 0 aliphatic carbocycles. The fourth-order valence-electron chi connectivity index (χ4n) is 3.33. The van der Waals surface area contributed by atoms with Crippen LogP contribution >= 0.6 is 23.2 Å². The van der Waals surface area contributed by atoms with Crippen LogP contribution < -0.4 is 9.62 Å². The van der Waals surface area contributed by atoms with Crippen molar-refractivity contribution in [1.29, 1.82) is 0 Å². The van der Waals surface area contributed by atoms with Gasteiger partial charge < -0.3 is 10.2 Å². The molecule has 13 heteroatoms. The van der Waals surface area contributed by atoms with E-state index in [1.54, 1.807) is 13.0 Å². The molecule has 2 atom stereocenters. The molecule has 1 N–H and O–H groups in total. The number of carbonyl (C=O) groups is 2. The maximum atomic E-state index is 13.5. The second kappa shape index (κ2) is 12.4. The highest BCUT2D eigenvalue weighted by Gasteiger charge is 2.33.